The van der Waals surface area contributed by atoms with Crippen molar-refractivity contribution in [3.63, 3.8) is 0 Å². The first-order valence-corrected chi connectivity index (χ1v) is 5.58. The molecule has 1 aliphatic rings. The van der Waals surface area contributed by atoms with Crippen molar-refractivity contribution in [1.82, 2.24) is 15.2 Å². The van der Waals surface area contributed by atoms with Gasteiger partial charge in [0.25, 0.3) is 0 Å². The van der Waals surface area contributed by atoms with E-state index in [1.165, 1.54) is 0 Å². The van der Waals surface area contributed by atoms with Crippen molar-refractivity contribution in [3.8, 4) is 0 Å². The Kier molecular flexibility index (Phi) is 2.38. The minimum Gasteiger partial charge on any atom is -0.439 e. The zero-order valence-electron chi connectivity index (χ0n) is 9.31. The summed E-state index contributed by atoms with van der Waals surface area (Å²) in [6.07, 6.45) is 0. The Bertz CT molecular complexity index is 457. The van der Waals surface area contributed by atoms with E-state index < -0.39 is 0 Å². The molecule has 0 atom stereocenters. The number of hydrogen-bond acceptors (Lipinski definition) is 4. The summed E-state index contributed by atoms with van der Waals surface area (Å²) in [5.41, 5.74) is 1.82. The van der Waals surface area contributed by atoms with Crippen LogP contribution < -0.4 is 5.32 Å². The molecule has 3 rings (SSSR count). The molecule has 0 aliphatic carbocycles. The van der Waals surface area contributed by atoms with Gasteiger partial charge in [-0.3, -0.25) is 4.90 Å². The molecule has 1 fully saturated rings. The molecule has 1 aliphatic heterocycles. The SMILES string of the molecule is CN(Cc1nc2ccccc2o1)C1CNC1. The number of fused-ring (bicyclic) bond motifs is 1. The lowest BCUT2D eigenvalue weighted by Crippen LogP contribution is -2.55. The number of nitrogens with one attached hydrogen (secondary N) is 1. The fourth-order valence-corrected chi connectivity index (χ4v) is 1.92. The van der Waals surface area contributed by atoms with E-state index >= 15 is 0 Å². The van der Waals surface area contributed by atoms with Crippen molar-refractivity contribution in [1.29, 1.82) is 0 Å². The summed E-state index contributed by atoms with van der Waals surface area (Å²) in [5, 5.41) is 3.26. The number of rotatable bonds is 3. The highest BCUT2D eigenvalue weighted by Gasteiger charge is 2.22. The number of nitrogens with zero attached hydrogens (tertiary/aromatic N) is 2. The van der Waals surface area contributed by atoms with Crippen LogP contribution in [0.2, 0.25) is 0 Å². The zero-order valence-corrected chi connectivity index (χ0v) is 9.31. The van der Waals surface area contributed by atoms with Crippen LogP contribution in [0.25, 0.3) is 11.1 Å². The first kappa shape index (κ1) is 9.81. The van der Waals surface area contributed by atoms with Crippen LogP contribution in [0.15, 0.2) is 28.7 Å². The highest BCUT2D eigenvalue weighted by atomic mass is 16.3. The molecule has 4 heteroatoms. The van der Waals surface area contributed by atoms with Gasteiger partial charge in [-0.2, -0.15) is 0 Å². The smallest absolute Gasteiger partial charge is 0.209 e. The topological polar surface area (TPSA) is 41.3 Å². The van der Waals surface area contributed by atoms with E-state index in [-0.39, 0.29) is 0 Å². The fourth-order valence-electron chi connectivity index (χ4n) is 1.92. The predicted molar refractivity (Wildman–Crippen MR) is 62.1 cm³/mol. The van der Waals surface area contributed by atoms with E-state index in [0.717, 1.165) is 36.6 Å². The molecule has 0 spiro atoms. The normalized spacial score (nSPS) is 16.9. The molecule has 0 amide bonds. The summed E-state index contributed by atoms with van der Waals surface area (Å²) < 4.78 is 5.68. The van der Waals surface area contributed by atoms with Gasteiger partial charge >= 0.3 is 0 Å². The Morgan fingerprint density at radius 1 is 1.44 bits per heavy atom. The quantitative estimate of drug-likeness (QED) is 0.839. The predicted octanol–water partition coefficient (Wildman–Crippen LogP) is 1.23. The number of aromatic nitrogens is 1. The monoisotopic (exact) mass is 217 g/mol. The molecule has 1 aromatic carbocycles. The third-order valence-electron chi connectivity index (χ3n) is 3.11. The number of benzene rings is 1. The standard InChI is InChI=1S/C12H15N3O/c1-15(9-6-13-7-9)8-12-14-10-4-2-3-5-11(10)16-12/h2-5,9,13H,6-8H2,1H3. The second-order valence-corrected chi connectivity index (χ2v) is 4.30. The molecule has 0 bridgehead atoms. The molecular formula is C12H15N3O. The molecule has 84 valence electrons. The Balaban J connectivity index is 1.78. The van der Waals surface area contributed by atoms with Crippen LogP contribution >= 0.6 is 0 Å². The lowest BCUT2D eigenvalue weighted by molar-refractivity contribution is 0.161. The Morgan fingerprint density at radius 2 is 2.25 bits per heavy atom. The maximum atomic E-state index is 5.68. The van der Waals surface area contributed by atoms with E-state index in [9.17, 15) is 0 Å². The van der Waals surface area contributed by atoms with Crippen LogP contribution in [0, 0.1) is 0 Å². The van der Waals surface area contributed by atoms with Crippen molar-refractivity contribution in [2.24, 2.45) is 0 Å². The fraction of sp³-hybridized carbons (Fsp3) is 0.417. The van der Waals surface area contributed by atoms with Gasteiger partial charge in [0.05, 0.1) is 6.54 Å². The van der Waals surface area contributed by atoms with Gasteiger partial charge < -0.3 is 9.73 Å². The van der Waals surface area contributed by atoms with Crippen LogP contribution in [0.1, 0.15) is 5.89 Å². The van der Waals surface area contributed by atoms with Crippen LogP contribution in [-0.4, -0.2) is 36.1 Å². The minimum absolute atomic E-state index is 0.620. The van der Waals surface area contributed by atoms with Crippen molar-refractivity contribution < 1.29 is 4.42 Å². The summed E-state index contributed by atoms with van der Waals surface area (Å²) in [6, 6.07) is 8.50. The van der Waals surface area contributed by atoms with Crippen LogP contribution in [0.4, 0.5) is 0 Å². The Hall–Kier alpha value is -1.39. The van der Waals surface area contributed by atoms with Crippen molar-refractivity contribution in [3.05, 3.63) is 30.2 Å². The molecule has 1 aromatic heterocycles. The average Bonchev–Trinajstić information content (AvgIpc) is 2.56. The first-order chi connectivity index (χ1) is 7.83. The van der Waals surface area contributed by atoms with Gasteiger partial charge in [-0.15, -0.1) is 0 Å². The molecule has 4 nitrogen and oxygen atoms in total. The van der Waals surface area contributed by atoms with Crippen molar-refractivity contribution >= 4 is 11.1 Å². The maximum Gasteiger partial charge on any atom is 0.209 e. The Labute approximate surface area is 94.3 Å². The van der Waals surface area contributed by atoms with Crippen molar-refractivity contribution in [2.45, 2.75) is 12.6 Å². The van der Waals surface area contributed by atoms with Gasteiger partial charge in [-0.1, -0.05) is 12.1 Å². The average molecular weight is 217 g/mol. The number of oxazole rings is 1. The highest BCUT2D eigenvalue weighted by molar-refractivity contribution is 5.72. The number of para-hydroxylation sites is 2. The largest absolute Gasteiger partial charge is 0.439 e. The lowest BCUT2D eigenvalue weighted by atomic mass is 10.1. The lowest BCUT2D eigenvalue weighted by Gasteiger charge is -2.34. The van der Waals surface area contributed by atoms with Crippen LogP contribution in [0.3, 0.4) is 0 Å². The maximum absolute atomic E-state index is 5.68. The van der Waals surface area contributed by atoms with Gasteiger partial charge in [-0.05, 0) is 19.2 Å². The second kappa shape index (κ2) is 3.88. The minimum atomic E-state index is 0.620. The Morgan fingerprint density at radius 3 is 2.94 bits per heavy atom. The van der Waals surface area contributed by atoms with Gasteiger partial charge in [-0.25, -0.2) is 4.98 Å². The summed E-state index contributed by atoms with van der Waals surface area (Å²) in [6.45, 7) is 2.91. The second-order valence-electron chi connectivity index (χ2n) is 4.30. The van der Waals surface area contributed by atoms with E-state index in [1.807, 2.05) is 24.3 Å². The number of likely N-dealkylation sites (N-methyl/N-ethyl adjacent to an activating group) is 1. The molecular weight excluding hydrogens is 202 g/mol. The van der Waals surface area contributed by atoms with Crippen molar-refractivity contribution in [2.75, 3.05) is 20.1 Å². The van der Waals surface area contributed by atoms with Crippen LogP contribution in [-0.2, 0) is 6.54 Å². The molecule has 0 saturated carbocycles. The molecule has 1 saturated heterocycles. The van der Waals surface area contributed by atoms with E-state index in [2.05, 4.69) is 22.2 Å². The summed E-state index contributed by atoms with van der Waals surface area (Å²) in [4.78, 5) is 6.74. The molecule has 2 aromatic rings. The first-order valence-electron chi connectivity index (χ1n) is 5.58. The van der Waals surface area contributed by atoms with Gasteiger partial charge in [0.2, 0.25) is 5.89 Å². The van der Waals surface area contributed by atoms with Crippen LogP contribution in [0.5, 0.6) is 0 Å². The van der Waals surface area contributed by atoms with Gasteiger partial charge in [0.15, 0.2) is 5.58 Å². The molecule has 0 radical (unpaired) electrons. The van der Waals surface area contributed by atoms with Gasteiger partial charge in [0, 0.05) is 19.1 Å². The summed E-state index contributed by atoms with van der Waals surface area (Å²) in [7, 11) is 2.11. The molecule has 0 unspecified atom stereocenters. The molecule has 16 heavy (non-hydrogen) atoms. The third kappa shape index (κ3) is 1.70. The van der Waals surface area contributed by atoms with E-state index in [1.54, 1.807) is 0 Å². The third-order valence-corrected chi connectivity index (χ3v) is 3.11. The summed E-state index contributed by atoms with van der Waals surface area (Å²) in [5.74, 6) is 0.801. The molecule has 1 N–H and O–H groups in total. The molecule has 2 heterocycles. The number of hydrogen-bond donors (Lipinski definition) is 1. The van der Waals surface area contributed by atoms with E-state index in [0.29, 0.717) is 6.04 Å². The van der Waals surface area contributed by atoms with E-state index in [4.69, 9.17) is 4.42 Å². The highest BCUT2D eigenvalue weighted by Crippen LogP contribution is 2.16. The van der Waals surface area contributed by atoms with Gasteiger partial charge in [0.1, 0.15) is 5.52 Å². The summed E-state index contributed by atoms with van der Waals surface area (Å²) >= 11 is 0. The zero-order chi connectivity index (χ0) is 11.0.